The van der Waals surface area contributed by atoms with E-state index in [1.807, 2.05) is 0 Å². The van der Waals surface area contributed by atoms with Gasteiger partial charge in [0.25, 0.3) is 11.6 Å². The summed E-state index contributed by atoms with van der Waals surface area (Å²) in [5, 5.41) is 41.6. The summed E-state index contributed by atoms with van der Waals surface area (Å²) in [5.41, 5.74) is 14.6. The first-order chi connectivity index (χ1) is 42.4. The zero-order chi connectivity index (χ0) is 62.8. The number of benzene rings is 4. The number of aliphatic hydroxyl groups is 1. The van der Waals surface area contributed by atoms with Crippen LogP contribution in [-0.4, -0.2) is 119 Å². The molecule has 4 aromatic carbocycles. The molecule has 1 saturated heterocycles. The normalized spacial score (nSPS) is 19.8. The molecule has 8 heterocycles. The van der Waals surface area contributed by atoms with Crippen LogP contribution in [0, 0.1) is 22.0 Å². The maximum absolute atomic E-state index is 14.3. The molecule has 2 aromatic heterocycles. The van der Waals surface area contributed by atoms with E-state index in [4.69, 9.17) is 29.7 Å². The Bertz CT molecular complexity index is 4350. The summed E-state index contributed by atoms with van der Waals surface area (Å²) in [6, 6.07) is 13.0. The number of aromatic nitrogens is 3. The van der Waals surface area contributed by atoms with Gasteiger partial charge in [0, 0.05) is 89.9 Å². The third-order valence-corrected chi connectivity index (χ3v) is 20.3. The Balaban J connectivity index is 0.743. The first-order valence-corrected chi connectivity index (χ1v) is 32.9. The first kappa shape index (κ1) is 61.3. The summed E-state index contributed by atoms with van der Waals surface area (Å²) in [7, 11) is -17.0. The molecule has 12 rings (SSSR count). The number of amides is 2. The molecule has 1 fully saturated rings. The fourth-order valence-electron chi connectivity index (χ4n) is 12.8. The van der Waals surface area contributed by atoms with Gasteiger partial charge in [0.1, 0.15) is 60.8 Å². The lowest BCUT2D eigenvalue weighted by atomic mass is 9.81. The number of nitro benzene ring substituents is 1. The number of aliphatic hydroxyl groups excluding tert-OH is 1. The standard InChI is InChI=1S/C57H58N9O20P3/c1-30(82-57(71)59-16-2-7-35-27-65(54-47(35)53(58)61-29-62-54)46-25-44(67)45(83-46)28-81-88(77,78)86-89(79,80)85-87(74,75)76)39-21-31(12-15-43(39)66(72)73)26-60-55(68)34-13-14-36(56(69)70)40(24-34)48-41-22-32-8-3-17-63-19-5-10-37(49(32)63)51(41)84-52-38-11-6-20-64-18-4-9-33(50(38)64)23-42(48)52/h12-15,21-24,27,29-30,44-46,67H,3-6,8-11,16-20,25-26,28H2,1H3,(H8-,58,59,60,61,62,68,69,70,71,74,75,76,77,78,79,80)/p+1/t30?,44-,45+,46+/m0/s1. The van der Waals surface area contributed by atoms with E-state index in [0.29, 0.717) is 16.7 Å². The van der Waals surface area contributed by atoms with Crippen molar-refractivity contribution in [3.05, 3.63) is 143 Å². The van der Waals surface area contributed by atoms with Crippen molar-refractivity contribution >= 4 is 75.2 Å². The van der Waals surface area contributed by atoms with Gasteiger partial charge < -0.3 is 69.8 Å². The molecular weight excluding hydrogens is 1220 g/mol. The fraction of sp³-hybridized carbons (Fsp3) is 0.368. The smallest absolute Gasteiger partial charge is 0.478 e. The zero-order valence-electron chi connectivity index (χ0n) is 47.4. The lowest BCUT2D eigenvalue weighted by molar-refractivity contribution is -0.386. The average molecular weight is 1280 g/mol. The summed E-state index contributed by atoms with van der Waals surface area (Å²) in [6.07, 6.45) is 3.58. The number of nitrogens with two attached hydrogens (primary N) is 1. The van der Waals surface area contributed by atoms with E-state index < -0.39 is 77.5 Å². The second-order valence-corrected chi connectivity index (χ2v) is 26.6. The van der Waals surface area contributed by atoms with E-state index in [0.717, 1.165) is 117 Å². The van der Waals surface area contributed by atoms with Crippen molar-refractivity contribution in [2.75, 3.05) is 50.0 Å². The molecule has 6 aliphatic rings. The number of hydrogen-bond acceptors (Lipinski definition) is 19. The van der Waals surface area contributed by atoms with Crippen LogP contribution in [0.1, 0.15) is 122 Å². The van der Waals surface area contributed by atoms with Gasteiger partial charge in [-0.15, -0.1) is 0 Å². The van der Waals surface area contributed by atoms with Crippen LogP contribution in [0.4, 0.5) is 22.0 Å². The minimum Gasteiger partial charge on any atom is -0.478 e. The molecule has 29 nitrogen and oxygen atoms in total. The average Bonchev–Trinajstić information content (AvgIpc) is 1.31. The lowest BCUT2D eigenvalue weighted by Gasteiger charge is -2.39. The lowest BCUT2D eigenvalue weighted by Crippen LogP contribution is -2.45. The van der Waals surface area contributed by atoms with Gasteiger partial charge in [-0.05, 0) is 98.5 Å². The van der Waals surface area contributed by atoms with Gasteiger partial charge in [0.05, 0.1) is 51.8 Å². The van der Waals surface area contributed by atoms with Crippen molar-refractivity contribution in [1.82, 2.24) is 29.7 Å². The quantitative estimate of drug-likeness (QED) is 0.0194. The molecule has 6 aliphatic heterocycles. The van der Waals surface area contributed by atoms with Crippen molar-refractivity contribution in [3.8, 4) is 23.3 Å². The number of anilines is 2. The Kier molecular flexibility index (Phi) is 16.6. The molecule has 6 atom stereocenters. The largest absolute Gasteiger partial charge is 0.490 e. The van der Waals surface area contributed by atoms with Crippen molar-refractivity contribution in [1.29, 1.82) is 0 Å². The van der Waals surface area contributed by atoms with E-state index in [1.165, 1.54) is 70.2 Å². The van der Waals surface area contributed by atoms with E-state index in [-0.39, 0.29) is 64.3 Å². The number of phosphoric ester groups is 1. The number of aromatic carboxylic acids is 1. The fourth-order valence-corrected chi connectivity index (χ4v) is 15.9. The van der Waals surface area contributed by atoms with Crippen LogP contribution in [0.2, 0.25) is 0 Å². The first-order valence-electron chi connectivity index (χ1n) is 28.4. The number of rotatable bonds is 17. The molecule has 2 amide bonds. The number of ether oxygens (including phenoxy) is 3. The number of hydrogen-bond donors (Lipinski definition) is 9. The van der Waals surface area contributed by atoms with E-state index in [9.17, 15) is 58.2 Å². The SMILES string of the molecule is CC(OC(=O)NCC#Cc1cn([C@H]2C[C@H](O)[C@@H](COP(=O)(O)OP(=O)(O)OP(=O)(O)O)O2)c2ncnc(N)c12)c1cc(CNC(=O)c2ccc(C(=O)O)c(C3=c4cc5c6c(c4Oc4c3cc3c7c4CCCN7CCC3)CCC[N+]=6CCC5)c2)ccc1[N+](=O)[O-]. The Morgan fingerprint density at radius 3 is 2.43 bits per heavy atom. The molecule has 10 N–H and O–H groups in total. The molecule has 6 aromatic rings. The van der Waals surface area contributed by atoms with Gasteiger partial charge in [0.2, 0.25) is 5.36 Å². The molecule has 0 spiro atoms. The molecule has 0 radical (unpaired) electrons. The predicted octanol–water partition coefficient (Wildman–Crippen LogP) is 4.82. The molecule has 0 aliphatic carbocycles. The Labute approximate surface area is 505 Å². The number of fused-ring (bicyclic) bond motifs is 5. The number of carbonyl (C=O) groups is 3. The highest BCUT2D eigenvalue weighted by molar-refractivity contribution is 7.66. The van der Waals surface area contributed by atoms with Gasteiger partial charge in [-0.1, -0.05) is 17.9 Å². The Morgan fingerprint density at radius 2 is 1.66 bits per heavy atom. The van der Waals surface area contributed by atoms with Gasteiger partial charge >= 0.3 is 35.5 Å². The van der Waals surface area contributed by atoms with E-state index >= 15 is 0 Å². The number of carboxylic acids is 1. The summed E-state index contributed by atoms with van der Waals surface area (Å²) in [6.45, 7) is 3.85. The van der Waals surface area contributed by atoms with Gasteiger partial charge in [-0.25, -0.2) is 37.8 Å². The second-order valence-electron chi connectivity index (χ2n) is 22.2. The van der Waals surface area contributed by atoms with Crippen LogP contribution in [0.5, 0.6) is 11.5 Å². The highest BCUT2D eigenvalue weighted by Gasteiger charge is 2.44. The van der Waals surface area contributed by atoms with Crippen LogP contribution in [0.25, 0.3) is 16.6 Å². The molecular formula is C57H59N9O20P3+. The number of nitrogens with one attached hydrogen (secondary N) is 2. The topological polar surface area (TPSA) is 409 Å². The highest BCUT2D eigenvalue weighted by Crippen LogP contribution is 2.66. The molecule has 0 saturated carbocycles. The van der Waals surface area contributed by atoms with Crippen LogP contribution in [0.3, 0.4) is 0 Å². The molecule has 466 valence electrons. The van der Waals surface area contributed by atoms with Crippen molar-refractivity contribution in [2.45, 2.75) is 95.8 Å². The minimum absolute atomic E-state index is 0.0109. The molecule has 32 heteroatoms. The number of phosphoric acid groups is 3. The number of alkyl carbamates (subject to hydrolysis) is 1. The van der Waals surface area contributed by atoms with Crippen LogP contribution >= 0.6 is 23.5 Å². The number of nitro groups is 1. The van der Waals surface area contributed by atoms with Crippen molar-refractivity contribution < 1.29 is 90.1 Å². The van der Waals surface area contributed by atoms with Crippen LogP contribution in [0.15, 0.2) is 61.1 Å². The molecule has 89 heavy (non-hydrogen) atoms. The van der Waals surface area contributed by atoms with Gasteiger partial charge in [-0.3, -0.25) is 19.4 Å². The summed E-state index contributed by atoms with van der Waals surface area (Å²) in [5.74, 6) is 5.35. The predicted molar refractivity (Wildman–Crippen MR) is 314 cm³/mol. The zero-order valence-corrected chi connectivity index (χ0v) is 50.1. The monoisotopic (exact) mass is 1280 g/mol. The van der Waals surface area contributed by atoms with Crippen molar-refractivity contribution in [3.63, 3.8) is 0 Å². The van der Waals surface area contributed by atoms with E-state index in [1.54, 1.807) is 6.07 Å². The summed E-state index contributed by atoms with van der Waals surface area (Å²) < 4.78 is 69.6. The van der Waals surface area contributed by atoms with E-state index in [2.05, 4.69) is 67.2 Å². The summed E-state index contributed by atoms with van der Waals surface area (Å²) in [4.78, 5) is 100. The number of carboxylic acid groups (broad SMARTS) is 1. The van der Waals surface area contributed by atoms with Crippen LogP contribution in [-0.2, 0) is 68.5 Å². The molecule has 3 unspecified atom stereocenters. The number of nitrogen functional groups attached to an aromatic ring is 1. The van der Waals surface area contributed by atoms with Crippen molar-refractivity contribution in [2.24, 2.45) is 0 Å². The van der Waals surface area contributed by atoms with Crippen LogP contribution < -0.4 is 41.2 Å². The molecule has 0 bridgehead atoms. The Morgan fingerprint density at radius 1 is 0.910 bits per heavy atom. The second kappa shape index (κ2) is 24.1. The minimum atomic E-state index is -5.81. The third kappa shape index (κ3) is 12.4. The van der Waals surface area contributed by atoms with Gasteiger partial charge in [0.15, 0.2) is 0 Å². The Hall–Kier alpha value is -7.93. The highest BCUT2D eigenvalue weighted by atomic mass is 31.3. The number of carbonyl (C=O) groups excluding carboxylic acids is 2. The summed E-state index contributed by atoms with van der Waals surface area (Å²) >= 11 is 0. The number of aryl methyl sites for hydroxylation is 2. The maximum atomic E-state index is 14.3. The number of nitrogens with zero attached hydrogens (tertiary/aromatic N) is 6. The maximum Gasteiger partial charge on any atom is 0.490 e. The third-order valence-electron chi connectivity index (χ3n) is 16.4. The van der Waals surface area contributed by atoms with Gasteiger partial charge in [-0.2, -0.15) is 8.62 Å².